The van der Waals surface area contributed by atoms with E-state index in [2.05, 4.69) is 4.98 Å². The van der Waals surface area contributed by atoms with Crippen LogP contribution in [-0.4, -0.2) is 4.98 Å². The number of H-pyrrole nitrogens is 1. The van der Waals surface area contributed by atoms with Gasteiger partial charge in [0.15, 0.2) is 0 Å². The predicted octanol–water partition coefficient (Wildman–Crippen LogP) is 1.08. The molecule has 0 aliphatic carbocycles. The summed E-state index contributed by atoms with van der Waals surface area (Å²) in [5.41, 5.74) is 0. The monoisotopic (exact) mass is 99.0 g/mol. The van der Waals surface area contributed by atoms with Crippen molar-refractivity contribution in [1.29, 1.82) is 0 Å². The van der Waals surface area contributed by atoms with E-state index in [1.807, 2.05) is 24.5 Å². The Morgan fingerprint density at radius 1 is 1.00 bits per heavy atom. The molecule has 1 aromatic rings. The summed E-state index contributed by atoms with van der Waals surface area (Å²) in [4.78, 5) is 16.9. The summed E-state index contributed by atoms with van der Waals surface area (Å²) < 4.78 is 0. The zero-order valence-electron chi connectivity index (χ0n) is 3.63. The minimum Gasteiger partial charge on any atom is -0.368 e. The topological polar surface area (TPSA) is 49.9 Å². The Bertz CT molecular complexity index is 76.6. The molecule has 0 fully saturated rings. The molecule has 0 bridgehead atoms. The molecule has 3 heteroatoms. The van der Waals surface area contributed by atoms with Gasteiger partial charge in [0.25, 0.3) is 0 Å². The van der Waals surface area contributed by atoms with Crippen LogP contribution in [0.1, 0.15) is 0 Å². The molecule has 38 valence electrons. The van der Waals surface area contributed by atoms with Gasteiger partial charge in [-0.15, -0.1) is 0 Å². The molecule has 0 amide bonds. The number of rotatable bonds is 0. The molecule has 1 rings (SSSR count). The van der Waals surface area contributed by atoms with Gasteiger partial charge in [0.1, 0.15) is 0 Å². The Kier molecular flexibility index (Phi) is 4.10. The zero-order chi connectivity index (χ0) is 5.54. The van der Waals surface area contributed by atoms with Crippen molar-refractivity contribution in [2.75, 3.05) is 0 Å². The molecule has 7 heavy (non-hydrogen) atoms. The average molecular weight is 99.1 g/mol. The fourth-order valence-corrected chi connectivity index (χ4v) is 0.278. The molecule has 0 aromatic carbocycles. The molecule has 0 radical (unpaired) electrons. The molecule has 1 aromatic heterocycles. The van der Waals surface area contributed by atoms with E-state index in [0.29, 0.717) is 0 Å². The quantitative estimate of drug-likeness (QED) is 0.529. The van der Waals surface area contributed by atoms with E-state index in [1.165, 1.54) is 0 Å². The van der Waals surface area contributed by atoms with E-state index in [0.717, 1.165) is 0 Å². The maximum Gasteiger partial charge on any atom is 0.000496 e. The summed E-state index contributed by atoms with van der Waals surface area (Å²) in [5, 5.41) is 0. The lowest BCUT2D eigenvalue weighted by Crippen LogP contribution is -1.38. The molecule has 1 heterocycles. The lowest BCUT2D eigenvalue weighted by Gasteiger charge is -1.49. The van der Waals surface area contributed by atoms with E-state index in [4.69, 9.17) is 9.93 Å². The number of hydrogen-bond donors (Lipinski definition) is 1. The van der Waals surface area contributed by atoms with Gasteiger partial charge in [0.05, 0.1) is 0 Å². The van der Waals surface area contributed by atoms with Gasteiger partial charge in [0.2, 0.25) is 0 Å². The Hall–Kier alpha value is -1.12. The van der Waals surface area contributed by atoms with Crippen LogP contribution >= 0.6 is 0 Å². The number of aromatic nitrogens is 1. The fraction of sp³-hybridized carbons (Fsp3) is 0. The van der Waals surface area contributed by atoms with Crippen LogP contribution in [0.5, 0.6) is 0 Å². The molecule has 3 nitrogen and oxygen atoms in total. The van der Waals surface area contributed by atoms with Crippen LogP contribution in [-0.2, 0) is 0 Å². The van der Waals surface area contributed by atoms with Gasteiger partial charge >= 0.3 is 0 Å². The predicted molar refractivity (Wildman–Crippen MR) is 27.5 cm³/mol. The maximum atomic E-state index is 7.00. The van der Waals surface area contributed by atoms with Crippen molar-refractivity contribution in [2.45, 2.75) is 0 Å². The van der Waals surface area contributed by atoms with Crippen LogP contribution in [0.25, 0.3) is 0 Å². The standard InChI is InChI=1S/C4H5N.O2/c1-2-4-5-3-1;1-2/h1-5H;. The van der Waals surface area contributed by atoms with Crippen molar-refractivity contribution in [2.24, 2.45) is 0 Å². The number of hydrogen-bond acceptors (Lipinski definition) is 2. The largest absolute Gasteiger partial charge is 0.368 e. The van der Waals surface area contributed by atoms with Gasteiger partial charge in [-0.05, 0) is 12.1 Å². The van der Waals surface area contributed by atoms with Crippen LogP contribution in [0.4, 0.5) is 0 Å². The third-order valence-corrected chi connectivity index (χ3v) is 0.496. The molecule has 0 aliphatic rings. The third-order valence-electron chi connectivity index (χ3n) is 0.496. The van der Waals surface area contributed by atoms with E-state index in [9.17, 15) is 0 Å². The summed E-state index contributed by atoms with van der Waals surface area (Å²) in [7, 11) is 0. The number of aromatic amines is 1. The summed E-state index contributed by atoms with van der Waals surface area (Å²) in [6, 6.07) is 3.89. The van der Waals surface area contributed by atoms with Crippen molar-refractivity contribution in [3.8, 4) is 0 Å². The van der Waals surface area contributed by atoms with Crippen LogP contribution < -0.4 is 0 Å². The molecular formula is C4H5NO2. The minimum atomic E-state index is 1.88. The second-order valence-corrected chi connectivity index (χ2v) is 0.885. The molecular weight excluding hydrogens is 94.0 g/mol. The van der Waals surface area contributed by atoms with Gasteiger partial charge < -0.3 is 4.98 Å². The van der Waals surface area contributed by atoms with Crippen molar-refractivity contribution in [1.82, 2.24) is 4.98 Å². The zero-order valence-corrected chi connectivity index (χ0v) is 3.63. The summed E-state index contributed by atoms with van der Waals surface area (Å²) >= 11 is 0. The SMILES string of the molecule is O=O.c1cc[nH]c1. The van der Waals surface area contributed by atoms with E-state index in [1.54, 1.807) is 0 Å². The molecule has 0 atom stereocenters. The van der Waals surface area contributed by atoms with Crippen LogP contribution in [0.3, 0.4) is 0 Å². The van der Waals surface area contributed by atoms with Crippen LogP contribution in [0.15, 0.2) is 24.5 Å². The van der Waals surface area contributed by atoms with Gasteiger partial charge in [-0.1, -0.05) is 0 Å². The summed E-state index contributed by atoms with van der Waals surface area (Å²) in [5.74, 6) is 0. The first-order valence-electron chi connectivity index (χ1n) is 1.74. The second-order valence-electron chi connectivity index (χ2n) is 0.885. The average Bonchev–Trinajstić information content (AvgIpc) is 2.23. The lowest BCUT2D eigenvalue weighted by atomic mass is 10.7. The molecule has 0 saturated carbocycles. The van der Waals surface area contributed by atoms with Crippen LogP contribution in [0, 0.1) is 9.93 Å². The Morgan fingerprint density at radius 3 is 1.57 bits per heavy atom. The van der Waals surface area contributed by atoms with Gasteiger partial charge in [-0.25, -0.2) is 0 Å². The first-order valence-corrected chi connectivity index (χ1v) is 1.74. The highest BCUT2D eigenvalue weighted by Crippen LogP contribution is 1.72. The molecule has 0 spiro atoms. The molecule has 0 unspecified atom stereocenters. The minimum absolute atomic E-state index is 1.88. The van der Waals surface area contributed by atoms with E-state index < -0.39 is 0 Å². The Labute approximate surface area is 40.6 Å². The highest BCUT2D eigenvalue weighted by molar-refractivity contribution is 4.84. The summed E-state index contributed by atoms with van der Waals surface area (Å²) in [6.45, 7) is 0. The second kappa shape index (κ2) is 4.88. The Morgan fingerprint density at radius 2 is 1.43 bits per heavy atom. The lowest BCUT2D eigenvalue weighted by molar-refractivity contribution is 1.42. The first-order chi connectivity index (χ1) is 3.50. The number of nitrogens with one attached hydrogen (secondary N) is 1. The smallest absolute Gasteiger partial charge is 0.000496 e. The molecule has 1 N–H and O–H groups in total. The van der Waals surface area contributed by atoms with E-state index in [-0.39, 0.29) is 0 Å². The van der Waals surface area contributed by atoms with Gasteiger partial charge in [-0.3, -0.25) is 0 Å². The normalized spacial score (nSPS) is 6.29. The molecule has 0 saturated heterocycles. The summed E-state index contributed by atoms with van der Waals surface area (Å²) in [6.07, 6.45) is 3.75. The van der Waals surface area contributed by atoms with Crippen molar-refractivity contribution in [3.63, 3.8) is 0 Å². The highest BCUT2D eigenvalue weighted by atomic mass is 16.7. The van der Waals surface area contributed by atoms with Crippen molar-refractivity contribution < 1.29 is 0 Å². The van der Waals surface area contributed by atoms with Gasteiger partial charge in [-0.2, -0.15) is 0 Å². The Balaban J connectivity index is 0.000000162. The third kappa shape index (κ3) is 2.69. The van der Waals surface area contributed by atoms with Crippen molar-refractivity contribution >= 4 is 0 Å². The van der Waals surface area contributed by atoms with E-state index >= 15 is 0 Å². The molecule has 0 aliphatic heterocycles. The highest BCUT2D eigenvalue weighted by Gasteiger charge is 1.55. The first kappa shape index (κ1) is 5.88. The van der Waals surface area contributed by atoms with Crippen molar-refractivity contribution in [3.05, 3.63) is 34.5 Å². The maximum absolute atomic E-state index is 7.00. The van der Waals surface area contributed by atoms with Crippen LogP contribution in [0.2, 0.25) is 0 Å². The van der Waals surface area contributed by atoms with Gasteiger partial charge in [0, 0.05) is 22.3 Å². The fourth-order valence-electron chi connectivity index (χ4n) is 0.278.